The molecule has 10 rings (SSSR count). The van der Waals surface area contributed by atoms with Gasteiger partial charge in [-0.15, -0.1) is 0 Å². The van der Waals surface area contributed by atoms with E-state index in [0.29, 0.717) is 0 Å². The molecule has 0 amide bonds. The summed E-state index contributed by atoms with van der Waals surface area (Å²) >= 11 is 0. The highest BCUT2D eigenvalue weighted by Crippen LogP contribution is 2.44. The van der Waals surface area contributed by atoms with E-state index in [2.05, 4.69) is 196 Å². The van der Waals surface area contributed by atoms with Gasteiger partial charge in [-0.3, -0.25) is 9.13 Å². The van der Waals surface area contributed by atoms with Gasteiger partial charge >= 0.3 is 0 Å². The summed E-state index contributed by atoms with van der Waals surface area (Å²) in [5.41, 5.74) is 12.3. The third-order valence-corrected chi connectivity index (χ3v) is 9.65. The lowest BCUT2D eigenvalue weighted by Gasteiger charge is -2.11. The lowest BCUT2D eigenvalue weighted by Crippen LogP contribution is -1.98. The minimum Gasteiger partial charge on any atom is -0.309 e. The molecule has 0 radical (unpaired) electrons. The molecule has 7 aromatic carbocycles. The summed E-state index contributed by atoms with van der Waals surface area (Å²) in [4.78, 5) is 5.48. The van der Waals surface area contributed by atoms with Gasteiger partial charge in [0, 0.05) is 38.8 Å². The van der Waals surface area contributed by atoms with Crippen LogP contribution in [0.25, 0.3) is 83.4 Å². The molecule has 0 aliphatic rings. The zero-order chi connectivity index (χ0) is 32.3. The summed E-state index contributed by atoms with van der Waals surface area (Å²) in [7, 11) is 0. The van der Waals surface area contributed by atoms with Crippen molar-refractivity contribution in [2.75, 3.05) is 0 Å². The largest absolute Gasteiger partial charge is 0.309 e. The first kappa shape index (κ1) is 27.5. The highest BCUT2D eigenvalue weighted by Gasteiger charge is 2.26. The van der Waals surface area contributed by atoms with Crippen molar-refractivity contribution in [2.24, 2.45) is 0 Å². The van der Waals surface area contributed by atoms with Gasteiger partial charge in [-0.25, -0.2) is 4.98 Å². The van der Waals surface area contributed by atoms with Crippen LogP contribution in [-0.2, 0) is 0 Å². The van der Waals surface area contributed by atoms with Crippen LogP contribution in [0.3, 0.4) is 0 Å². The van der Waals surface area contributed by atoms with Crippen LogP contribution < -0.4 is 0 Å². The molecule has 0 aliphatic heterocycles. The summed E-state index contributed by atoms with van der Waals surface area (Å²) in [6, 6.07) is 64.6. The van der Waals surface area contributed by atoms with Crippen LogP contribution >= 0.6 is 0 Å². The van der Waals surface area contributed by atoms with Crippen molar-refractivity contribution in [3.8, 4) is 39.6 Å². The van der Waals surface area contributed by atoms with E-state index in [1.54, 1.807) is 0 Å². The Balaban J connectivity index is 1.34. The summed E-state index contributed by atoms with van der Waals surface area (Å²) in [5, 5.41) is 3.58. The fourth-order valence-electron chi connectivity index (χ4n) is 7.53. The molecule has 0 saturated carbocycles. The van der Waals surface area contributed by atoms with E-state index in [1.165, 1.54) is 27.4 Å². The number of nitrogens with zero attached hydrogens (tertiary/aromatic N) is 4. The molecule has 3 aromatic heterocycles. The van der Waals surface area contributed by atoms with Crippen molar-refractivity contribution in [1.29, 1.82) is 0 Å². The monoisotopic (exact) mass is 626 g/mol. The van der Waals surface area contributed by atoms with Crippen molar-refractivity contribution in [3.05, 3.63) is 182 Å². The Morgan fingerprint density at radius 1 is 0.327 bits per heavy atom. The van der Waals surface area contributed by atoms with Crippen molar-refractivity contribution < 1.29 is 0 Å². The van der Waals surface area contributed by atoms with Crippen LogP contribution in [0.1, 0.15) is 0 Å². The molecule has 0 saturated heterocycles. The molecule has 0 atom stereocenters. The normalized spacial score (nSPS) is 11.7. The van der Waals surface area contributed by atoms with Crippen LogP contribution in [0.2, 0.25) is 0 Å². The fourth-order valence-corrected chi connectivity index (χ4v) is 7.53. The maximum Gasteiger partial charge on any atom is 0.165 e. The van der Waals surface area contributed by atoms with Crippen molar-refractivity contribution in [2.45, 2.75) is 0 Å². The molecule has 49 heavy (non-hydrogen) atoms. The van der Waals surface area contributed by atoms with E-state index in [1.807, 2.05) is 0 Å². The highest BCUT2D eigenvalue weighted by molar-refractivity contribution is 6.25. The summed E-state index contributed by atoms with van der Waals surface area (Å²) in [6.45, 7) is 0. The van der Waals surface area contributed by atoms with Gasteiger partial charge in [0.15, 0.2) is 5.65 Å². The SMILES string of the molecule is c1ccc(-c2ccc(-n3c4ccccc4c4c3ccc3c5c(nc(-c6ccccc6)n5-c5ccccc5)n(-c5ccccc5)c34)cc2)cc1. The molecule has 0 N–H and O–H groups in total. The lowest BCUT2D eigenvalue weighted by molar-refractivity contribution is 1.10. The highest BCUT2D eigenvalue weighted by atomic mass is 15.2. The molecular formula is C45H30N4. The number of para-hydroxylation sites is 3. The van der Waals surface area contributed by atoms with E-state index >= 15 is 0 Å². The van der Waals surface area contributed by atoms with Gasteiger partial charge in [0.25, 0.3) is 0 Å². The molecular weight excluding hydrogens is 597 g/mol. The lowest BCUT2D eigenvalue weighted by atomic mass is 10.1. The minimum absolute atomic E-state index is 0.921. The second-order valence-electron chi connectivity index (χ2n) is 12.4. The Labute approximate surface area is 283 Å². The molecule has 0 unspecified atom stereocenters. The van der Waals surface area contributed by atoms with Gasteiger partial charge in [0.1, 0.15) is 11.3 Å². The van der Waals surface area contributed by atoms with E-state index in [9.17, 15) is 0 Å². The van der Waals surface area contributed by atoms with Gasteiger partial charge in [0.05, 0.1) is 16.6 Å². The Morgan fingerprint density at radius 3 is 1.53 bits per heavy atom. The number of aromatic nitrogens is 4. The first-order valence-electron chi connectivity index (χ1n) is 16.7. The Morgan fingerprint density at radius 2 is 0.857 bits per heavy atom. The first-order valence-corrected chi connectivity index (χ1v) is 16.7. The van der Waals surface area contributed by atoms with Crippen LogP contribution in [0.5, 0.6) is 0 Å². The molecule has 0 bridgehead atoms. The number of rotatable bonds is 5. The fraction of sp³-hybridized carbons (Fsp3) is 0. The van der Waals surface area contributed by atoms with E-state index in [0.717, 1.165) is 56.0 Å². The molecule has 10 aromatic rings. The summed E-state index contributed by atoms with van der Waals surface area (Å²) in [5.74, 6) is 0.921. The number of hydrogen-bond donors (Lipinski definition) is 0. The maximum absolute atomic E-state index is 5.48. The summed E-state index contributed by atoms with van der Waals surface area (Å²) in [6.07, 6.45) is 0. The predicted molar refractivity (Wildman–Crippen MR) is 203 cm³/mol. The van der Waals surface area contributed by atoms with Crippen LogP contribution in [-0.4, -0.2) is 18.7 Å². The van der Waals surface area contributed by atoms with Gasteiger partial charge in [-0.2, -0.15) is 0 Å². The molecule has 3 heterocycles. The van der Waals surface area contributed by atoms with Crippen molar-refractivity contribution >= 4 is 43.9 Å². The first-order chi connectivity index (χ1) is 24.3. The molecule has 0 aliphatic carbocycles. The van der Waals surface area contributed by atoms with Crippen LogP contribution in [0, 0.1) is 0 Å². The van der Waals surface area contributed by atoms with Crippen LogP contribution in [0.4, 0.5) is 0 Å². The molecule has 0 spiro atoms. The standard InChI is InChI=1S/C45H30N4/c1-5-15-31(16-6-1)32-25-27-36(28-26-32)47-39-24-14-13-23-37(39)41-40(47)30-29-38-42(41)48(34-19-9-3-10-20-34)45-43(38)49(35-21-11-4-12-22-35)44(46-45)33-17-7-2-8-18-33/h1-30H. The smallest absolute Gasteiger partial charge is 0.165 e. The number of hydrogen-bond acceptors (Lipinski definition) is 1. The predicted octanol–water partition coefficient (Wildman–Crippen LogP) is 11.4. The van der Waals surface area contributed by atoms with Gasteiger partial charge in [0.2, 0.25) is 0 Å². The van der Waals surface area contributed by atoms with E-state index in [4.69, 9.17) is 4.98 Å². The molecule has 0 fully saturated rings. The molecule has 230 valence electrons. The number of benzene rings is 7. The third kappa shape index (κ3) is 4.21. The van der Waals surface area contributed by atoms with Gasteiger partial charge in [-0.05, 0) is 65.7 Å². The minimum atomic E-state index is 0.921. The average molecular weight is 627 g/mol. The van der Waals surface area contributed by atoms with E-state index in [-0.39, 0.29) is 0 Å². The Bertz CT molecular complexity index is 2770. The average Bonchev–Trinajstić information content (AvgIpc) is 3.83. The Kier molecular flexibility index (Phi) is 6.15. The second kappa shape index (κ2) is 11.0. The van der Waals surface area contributed by atoms with E-state index < -0.39 is 0 Å². The number of fused-ring (bicyclic) bond motifs is 7. The third-order valence-electron chi connectivity index (χ3n) is 9.65. The maximum atomic E-state index is 5.48. The van der Waals surface area contributed by atoms with Crippen molar-refractivity contribution in [1.82, 2.24) is 18.7 Å². The van der Waals surface area contributed by atoms with Crippen molar-refractivity contribution in [3.63, 3.8) is 0 Å². The second-order valence-corrected chi connectivity index (χ2v) is 12.4. The molecule has 4 heteroatoms. The van der Waals surface area contributed by atoms with Gasteiger partial charge in [-0.1, -0.05) is 127 Å². The Hall–Kier alpha value is -6.65. The van der Waals surface area contributed by atoms with Gasteiger partial charge < -0.3 is 4.57 Å². The zero-order valence-electron chi connectivity index (χ0n) is 26.6. The summed E-state index contributed by atoms with van der Waals surface area (Å²) < 4.78 is 7.11. The molecule has 4 nitrogen and oxygen atoms in total. The zero-order valence-corrected chi connectivity index (χ0v) is 26.6. The topological polar surface area (TPSA) is 27.7 Å². The van der Waals surface area contributed by atoms with Crippen LogP contribution in [0.15, 0.2) is 182 Å². The number of imidazole rings is 1. The quantitative estimate of drug-likeness (QED) is 0.187.